The Morgan fingerprint density at radius 2 is 1.13 bits per heavy atom. The van der Waals surface area contributed by atoms with Crippen LogP contribution in [0, 0.1) is 12.8 Å². The Kier molecular flexibility index (Phi) is 6.53. The van der Waals surface area contributed by atoms with Crippen molar-refractivity contribution in [1.82, 2.24) is 0 Å². The van der Waals surface area contributed by atoms with Gasteiger partial charge in [0.25, 0.3) is 0 Å². The molecule has 2 unspecified atom stereocenters. The third-order valence-electron chi connectivity index (χ3n) is 4.39. The van der Waals surface area contributed by atoms with E-state index in [1.54, 1.807) is 0 Å². The van der Waals surface area contributed by atoms with Crippen molar-refractivity contribution in [3.8, 4) is 0 Å². The lowest BCUT2D eigenvalue weighted by Gasteiger charge is -2.42. The van der Waals surface area contributed by atoms with Crippen LogP contribution in [-0.4, -0.2) is 40.9 Å². The monoisotopic (exact) mass is 468 g/mol. The highest BCUT2D eigenvalue weighted by molar-refractivity contribution is 5.25. The first-order chi connectivity index (χ1) is 13.1. The predicted octanol–water partition coefficient (Wildman–Crippen LogP) is 6.40. The van der Waals surface area contributed by atoms with Gasteiger partial charge in [0.1, 0.15) is 0 Å². The van der Waals surface area contributed by atoms with Crippen molar-refractivity contribution in [2.75, 3.05) is 0 Å². The summed E-state index contributed by atoms with van der Waals surface area (Å²) >= 11 is 0. The van der Waals surface area contributed by atoms with Gasteiger partial charge in [0.2, 0.25) is 0 Å². The second-order valence-electron chi connectivity index (χ2n) is 6.57. The van der Waals surface area contributed by atoms with Gasteiger partial charge in [0.15, 0.2) is 0 Å². The second kappa shape index (κ2) is 7.45. The molecule has 14 heteroatoms. The third-order valence-corrected chi connectivity index (χ3v) is 4.39. The number of rotatable bonds is 7. The molecule has 0 aliphatic rings. The zero-order valence-corrected chi connectivity index (χ0v) is 14.8. The number of aliphatic hydroxyl groups excluding tert-OH is 1. The number of hydrogen-bond donors (Lipinski definition) is 1. The fourth-order valence-corrected chi connectivity index (χ4v) is 2.41. The normalized spacial score (nSPS) is 17.1. The molecule has 0 amide bonds. The van der Waals surface area contributed by atoms with Crippen molar-refractivity contribution < 1.29 is 62.2 Å². The summed E-state index contributed by atoms with van der Waals surface area (Å²) in [6.45, 7) is 1.36. The molecule has 2 atom stereocenters. The van der Waals surface area contributed by atoms with Gasteiger partial charge in [-0.3, -0.25) is 0 Å². The molecule has 0 spiro atoms. The maximum Gasteiger partial charge on any atom is 0.460 e. The largest absolute Gasteiger partial charge is 0.460 e. The van der Waals surface area contributed by atoms with E-state index < -0.39 is 53.4 Å². The summed E-state index contributed by atoms with van der Waals surface area (Å²) in [7, 11) is 0. The molecule has 0 radical (unpaired) electrons. The van der Waals surface area contributed by atoms with Crippen molar-refractivity contribution in [3.05, 3.63) is 35.4 Å². The molecule has 1 N–H and O–H groups in total. The number of alkyl halides is 13. The van der Waals surface area contributed by atoms with Crippen molar-refractivity contribution >= 4 is 0 Å². The highest BCUT2D eigenvalue weighted by Gasteiger charge is 2.91. The van der Waals surface area contributed by atoms with E-state index in [1.807, 2.05) is 0 Å². The van der Waals surface area contributed by atoms with Gasteiger partial charge in [0, 0.05) is 0 Å². The molecular formula is C16H13F13O. The predicted molar refractivity (Wildman–Crippen MR) is 76.1 cm³/mol. The zero-order chi connectivity index (χ0) is 24.1. The molecule has 1 rings (SSSR count). The Bertz CT molecular complexity index is 754. The fraction of sp³-hybridized carbons (Fsp3) is 0.625. The molecule has 0 heterocycles. The van der Waals surface area contributed by atoms with E-state index in [9.17, 15) is 62.2 Å². The Balaban J connectivity index is 3.47. The van der Waals surface area contributed by atoms with Gasteiger partial charge in [-0.1, -0.05) is 36.8 Å². The second-order valence-corrected chi connectivity index (χ2v) is 6.57. The minimum absolute atomic E-state index is 0.0109. The van der Waals surface area contributed by atoms with Gasteiger partial charge in [0.05, 0.1) is 12.0 Å². The molecule has 0 bridgehead atoms. The van der Waals surface area contributed by atoms with E-state index in [1.165, 1.54) is 13.0 Å². The standard InChI is InChI=1S/C16H13F13O/c1-7-4-3-5-9(6-7)10(30)8(2)11(17,18)12(19,20)13(21,22)14(23,24)15(25,26)16(27,28)29/h3-6,8,10,30H,1-2H3. The minimum Gasteiger partial charge on any atom is -0.388 e. The number of aryl methyl sites for hydroxylation is 1. The summed E-state index contributed by atoms with van der Waals surface area (Å²) in [6, 6.07) is 4.30. The van der Waals surface area contributed by atoms with E-state index in [2.05, 4.69) is 0 Å². The van der Waals surface area contributed by atoms with Gasteiger partial charge in [-0.15, -0.1) is 0 Å². The maximum absolute atomic E-state index is 14.1. The topological polar surface area (TPSA) is 20.2 Å². The summed E-state index contributed by atoms with van der Waals surface area (Å²) in [4.78, 5) is 0. The first kappa shape index (κ1) is 26.3. The molecule has 1 aromatic rings. The number of benzene rings is 1. The smallest absolute Gasteiger partial charge is 0.388 e. The van der Waals surface area contributed by atoms with E-state index in [4.69, 9.17) is 0 Å². The van der Waals surface area contributed by atoms with E-state index in [0.29, 0.717) is 0 Å². The van der Waals surface area contributed by atoms with Crippen LogP contribution in [0.25, 0.3) is 0 Å². The molecule has 0 aliphatic heterocycles. The Morgan fingerprint density at radius 3 is 1.53 bits per heavy atom. The Labute approximate surface area is 160 Å². The summed E-state index contributed by atoms with van der Waals surface area (Å²) in [6.07, 6.45) is -10.2. The van der Waals surface area contributed by atoms with E-state index in [0.717, 1.165) is 18.2 Å². The van der Waals surface area contributed by atoms with Crippen molar-refractivity contribution in [3.63, 3.8) is 0 Å². The highest BCUT2D eigenvalue weighted by Crippen LogP contribution is 2.61. The van der Waals surface area contributed by atoms with Crippen LogP contribution in [-0.2, 0) is 0 Å². The van der Waals surface area contributed by atoms with Gasteiger partial charge in [-0.25, -0.2) is 0 Å². The molecule has 1 aromatic carbocycles. The van der Waals surface area contributed by atoms with E-state index >= 15 is 0 Å². The van der Waals surface area contributed by atoms with Crippen molar-refractivity contribution in [1.29, 1.82) is 0 Å². The molecule has 0 fully saturated rings. The minimum atomic E-state index is -7.96. The summed E-state index contributed by atoms with van der Waals surface area (Å²) < 4.78 is 171. The molecule has 0 saturated heterocycles. The van der Waals surface area contributed by atoms with Crippen LogP contribution in [0.15, 0.2) is 24.3 Å². The Morgan fingerprint density at radius 1 is 0.700 bits per heavy atom. The van der Waals surface area contributed by atoms with Crippen LogP contribution in [0.5, 0.6) is 0 Å². The van der Waals surface area contributed by atoms with Crippen LogP contribution >= 0.6 is 0 Å². The summed E-state index contributed by atoms with van der Waals surface area (Å²) in [5, 5.41) is 9.80. The SMILES string of the molecule is Cc1cccc(C(O)C(C)C(F)(F)C(F)(F)C(F)(F)C(F)(F)C(F)(F)C(F)(F)F)c1. The average Bonchev–Trinajstić information content (AvgIpc) is 2.58. The van der Waals surface area contributed by atoms with Crippen LogP contribution < -0.4 is 0 Å². The van der Waals surface area contributed by atoms with Gasteiger partial charge >= 0.3 is 35.8 Å². The van der Waals surface area contributed by atoms with Crippen molar-refractivity contribution in [2.24, 2.45) is 5.92 Å². The van der Waals surface area contributed by atoms with Gasteiger partial charge < -0.3 is 5.11 Å². The lowest BCUT2D eigenvalue weighted by molar-refractivity contribution is -0.444. The van der Waals surface area contributed by atoms with Crippen LogP contribution in [0.1, 0.15) is 24.2 Å². The number of hydrogen-bond acceptors (Lipinski definition) is 1. The summed E-state index contributed by atoms with van der Waals surface area (Å²) in [5.41, 5.74) is -0.274. The van der Waals surface area contributed by atoms with Gasteiger partial charge in [-0.05, 0) is 12.5 Å². The first-order valence-electron chi connectivity index (χ1n) is 7.77. The highest BCUT2D eigenvalue weighted by atomic mass is 19.4. The van der Waals surface area contributed by atoms with Crippen LogP contribution in [0.3, 0.4) is 0 Å². The molecule has 0 saturated carbocycles. The quantitative estimate of drug-likeness (QED) is 0.459. The lowest BCUT2D eigenvalue weighted by atomic mass is 9.83. The zero-order valence-electron chi connectivity index (χ0n) is 14.8. The molecule has 0 aromatic heterocycles. The number of aliphatic hydroxyl groups is 1. The fourth-order valence-electron chi connectivity index (χ4n) is 2.41. The Hall–Kier alpha value is -1.73. The molecule has 1 nitrogen and oxygen atoms in total. The van der Waals surface area contributed by atoms with Crippen molar-refractivity contribution in [2.45, 2.75) is 55.7 Å². The van der Waals surface area contributed by atoms with Crippen LogP contribution in [0.4, 0.5) is 57.1 Å². The average molecular weight is 468 g/mol. The summed E-state index contributed by atoms with van der Waals surface area (Å²) in [5.74, 6) is -40.7. The molecular weight excluding hydrogens is 455 g/mol. The molecule has 0 aliphatic carbocycles. The van der Waals surface area contributed by atoms with Crippen LogP contribution in [0.2, 0.25) is 0 Å². The lowest BCUT2D eigenvalue weighted by Crippen LogP contribution is -2.71. The van der Waals surface area contributed by atoms with E-state index in [-0.39, 0.29) is 12.5 Å². The third kappa shape index (κ3) is 3.71. The van der Waals surface area contributed by atoms with Gasteiger partial charge in [-0.2, -0.15) is 57.1 Å². The maximum atomic E-state index is 14.1. The molecule has 30 heavy (non-hydrogen) atoms. The number of halogens is 13. The molecule has 174 valence electrons. The first-order valence-corrected chi connectivity index (χ1v) is 7.77.